The van der Waals surface area contributed by atoms with Crippen molar-refractivity contribution in [1.29, 1.82) is 0 Å². The number of pyridine rings is 1. The second-order valence-electron chi connectivity index (χ2n) is 7.50. The lowest BCUT2D eigenvalue weighted by molar-refractivity contribution is 0.0950. The van der Waals surface area contributed by atoms with Crippen molar-refractivity contribution in [2.75, 3.05) is 17.7 Å². The maximum absolute atomic E-state index is 13.8. The molecule has 0 fully saturated rings. The summed E-state index contributed by atoms with van der Waals surface area (Å²) in [5.41, 5.74) is 1.75. The first kappa shape index (κ1) is 22.8. The molecule has 0 aliphatic rings. The Balaban J connectivity index is 1.41. The SMILES string of the molecule is CNc1cc(-c2nnc(CNc3cccc(C(=O)NCc4c(F)cccc4F)c3)n2C)ccn1. The smallest absolute Gasteiger partial charge is 0.251 e. The number of nitrogens with zero attached hydrogens (tertiary/aromatic N) is 4. The molecule has 2 aromatic heterocycles. The zero-order chi connectivity index (χ0) is 24.1. The zero-order valence-corrected chi connectivity index (χ0v) is 18.6. The molecule has 0 saturated heterocycles. The predicted octanol–water partition coefficient (Wildman–Crippen LogP) is 3.74. The van der Waals surface area contributed by atoms with Gasteiger partial charge in [0, 0.05) is 49.2 Å². The normalized spacial score (nSPS) is 10.7. The van der Waals surface area contributed by atoms with Gasteiger partial charge in [-0.3, -0.25) is 4.79 Å². The molecule has 0 aliphatic carbocycles. The van der Waals surface area contributed by atoms with Gasteiger partial charge in [0.25, 0.3) is 5.91 Å². The number of hydrogen-bond acceptors (Lipinski definition) is 6. The van der Waals surface area contributed by atoms with Crippen molar-refractivity contribution in [1.82, 2.24) is 25.1 Å². The number of benzene rings is 2. The van der Waals surface area contributed by atoms with Crippen LogP contribution in [0.2, 0.25) is 0 Å². The highest BCUT2D eigenvalue weighted by Gasteiger charge is 2.13. The monoisotopic (exact) mass is 463 g/mol. The van der Waals surface area contributed by atoms with Crippen LogP contribution in [0.25, 0.3) is 11.4 Å². The van der Waals surface area contributed by atoms with E-state index in [1.807, 2.05) is 29.8 Å². The zero-order valence-electron chi connectivity index (χ0n) is 18.6. The number of carbonyl (C=O) groups excluding carboxylic acids is 1. The number of aromatic nitrogens is 4. The number of anilines is 2. The van der Waals surface area contributed by atoms with Crippen LogP contribution in [-0.4, -0.2) is 32.7 Å². The molecule has 0 unspecified atom stereocenters. The highest BCUT2D eigenvalue weighted by molar-refractivity contribution is 5.95. The maximum Gasteiger partial charge on any atom is 0.251 e. The van der Waals surface area contributed by atoms with Gasteiger partial charge in [-0.2, -0.15) is 0 Å². The first-order valence-corrected chi connectivity index (χ1v) is 10.5. The summed E-state index contributed by atoms with van der Waals surface area (Å²) in [5, 5.41) is 17.3. The Morgan fingerprint density at radius 2 is 1.76 bits per heavy atom. The van der Waals surface area contributed by atoms with E-state index in [9.17, 15) is 13.6 Å². The van der Waals surface area contributed by atoms with Crippen molar-refractivity contribution >= 4 is 17.4 Å². The summed E-state index contributed by atoms with van der Waals surface area (Å²) in [6, 6.07) is 14.2. The lowest BCUT2D eigenvalue weighted by atomic mass is 10.1. The fraction of sp³-hybridized carbons (Fsp3) is 0.167. The molecule has 0 bridgehead atoms. The van der Waals surface area contributed by atoms with Crippen LogP contribution in [-0.2, 0) is 20.1 Å². The van der Waals surface area contributed by atoms with Crippen LogP contribution in [0.1, 0.15) is 21.7 Å². The van der Waals surface area contributed by atoms with Gasteiger partial charge in [-0.15, -0.1) is 10.2 Å². The third-order valence-electron chi connectivity index (χ3n) is 5.30. The average Bonchev–Trinajstić information content (AvgIpc) is 3.22. The fourth-order valence-corrected chi connectivity index (χ4v) is 3.40. The van der Waals surface area contributed by atoms with Crippen LogP contribution >= 0.6 is 0 Å². The molecule has 34 heavy (non-hydrogen) atoms. The molecule has 0 spiro atoms. The van der Waals surface area contributed by atoms with Crippen LogP contribution in [0.3, 0.4) is 0 Å². The quantitative estimate of drug-likeness (QED) is 0.368. The average molecular weight is 463 g/mol. The van der Waals surface area contributed by atoms with Crippen molar-refractivity contribution < 1.29 is 13.6 Å². The Hall–Kier alpha value is -4.34. The molecule has 4 rings (SSSR count). The minimum Gasteiger partial charge on any atom is -0.378 e. The van der Waals surface area contributed by atoms with Crippen LogP contribution in [0.15, 0.2) is 60.8 Å². The van der Waals surface area contributed by atoms with Crippen LogP contribution in [0.4, 0.5) is 20.3 Å². The maximum atomic E-state index is 13.8. The highest BCUT2D eigenvalue weighted by atomic mass is 19.1. The molecule has 174 valence electrons. The molecule has 10 heteroatoms. The second kappa shape index (κ2) is 10.1. The van der Waals surface area contributed by atoms with Gasteiger partial charge in [0.1, 0.15) is 17.5 Å². The van der Waals surface area contributed by atoms with Gasteiger partial charge in [0.15, 0.2) is 11.6 Å². The second-order valence-corrected chi connectivity index (χ2v) is 7.50. The Labute approximate surface area is 195 Å². The number of rotatable bonds is 8. The first-order valence-electron chi connectivity index (χ1n) is 10.5. The van der Waals surface area contributed by atoms with Crippen molar-refractivity contribution in [2.45, 2.75) is 13.1 Å². The largest absolute Gasteiger partial charge is 0.378 e. The van der Waals surface area contributed by atoms with E-state index in [0.29, 0.717) is 29.4 Å². The summed E-state index contributed by atoms with van der Waals surface area (Å²) in [7, 11) is 3.67. The van der Waals surface area contributed by atoms with E-state index in [2.05, 4.69) is 31.1 Å². The molecule has 0 aliphatic heterocycles. The van der Waals surface area contributed by atoms with E-state index in [1.165, 1.54) is 6.07 Å². The Morgan fingerprint density at radius 3 is 2.53 bits per heavy atom. The molecule has 0 atom stereocenters. The van der Waals surface area contributed by atoms with E-state index in [-0.39, 0.29) is 12.1 Å². The molecule has 0 saturated carbocycles. The molecule has 0 radical (unpaired) electrons. The summed E-state index contributed by atoms with van der Waals surface area (Å²) in [6.07, 6.45) is 1.70. The number of amides is 1. The summed E-state index contributed by atoms with van der Waals surface area (Å²) in [4.78, 5) is 16.7. The molecule has 2 heterocycles. The summed E-state index contributed by atoms with van der Waals surface area (Å²) in [6.45, 7) is 0.125. The van der Waals surface area contributed by atoms with Gasteiger partial charge in [0.2, 0.25) is 0 Å². The van der Waals surface area contributed by atoms with E-state index in [4.69, 9.17) is 0 Å². The molecular weight excluding hydrogens is 440 g/mol. The van der Waals surface area contributed by atoms with E-state index in [0.717, 1.165) is 23.5 Å². The summed E-state index contributed by atoms with van der Waals surface area (Å²) >= 11 is 0. The van der Waals surface area contributed by atoms with Gasteiger partial charge >= 0.3 is 0 Å². The first-order chi connectivity index (χ1) is 16.5. The molecule has 3 N–H and O–H groups in total. The lowest BCUT2D eigenvalue weighted by Crippen LogP contribution is -2.24. The summed E-state index contributed by atoms with van der Waals surface area (Å²) < 4.78 is 29.5. The predicted molar refractivity (Wildman–Crippen MR) is 125 cm³/mol. The van der Waals surface area contributed by atoms with Gasteiger partial charge in [-0.25, -0.2) is 13.8 Å². The molecular formula is C24H23F2N7O. The third-order valence-corrected chi connectivity index (χ3v) is 5.30. The van der Waals surface area contributed by atoms with Crippen molar-refractivity contribution in [3.05, 3.63) is 89.4 Å². The highest BCUT2D eigenvalue weighted by Crippen LogP contribution is 2.20. The van der Waals surface area contributed by atoms with E-state index < -0.39 is 17.5 Å². The summed E-state index contributed by atoms with van der Waals surface area (Å²) in [5.74, 6) is 0.283. The molecule has 8 nitrogen and oxygen atoms in total. The third kappa shape index (κ3) is 5.01. The molecule has 4 aromatic rings. The van der Waals surface area contributed by atoms with Crippen molar-refractivity contribution in [3.63, 3.8) is 0 Å². The van der Waals surface area contributed by atoms with Crippen molar-refractivity contribution in [3.8, 4) is 11.4 Å². The number of nitrogens with one attached hydrogen (secondary N) is 3. The molecule has 1 amide bonds. The Bertz CT molecular complexity index is 1300. The van der Waals surface area contributed by atoms with Gasteiger partial charge < -0.3 is 20.5 Å². The lowest BCUT2D eigenvalue weighted by Gasteiger charge is -2.10. The minimum atomic E-state index is -0.701. The Morgan fingerprint density at radius 1 is 1.00 bits per heavy atom. The van der Waals surface area contributed by atoms with Gasteiger partial charge in [-0.1, -0.05) is 12.1 Å². The van der Waals surface area contributed by atoms with Crippen LogP contribution in [0, 0.1) is 11.6 Å². The van der Waals surface area contributed by atoms with Gasteiger partial charge in [0.05, 0.1) is 6.54 Å². The standard InChI is InChI=1S/C24H23F2N7O/c1-27-21-12-15(9-10-28-21)23-32-31-22(33(23)2)14-29-17-6-3-5-16(11-17)24(34)30-13-18-19(25)7-4-8-20(18)26/h3-12,29H,13-14H2,1-2H3,(H,27,28)(H,30,34). The topological polar surface area (TPSA) is 96.8 Å². The fourth-order valence-electron chi connectivity index (χ4n) is 3.40. The minimum absolute atomic E-state index is 0.181. The number of hydrogen-bond donors (Lipinski definition) is 3. The number of halogens is 2. The van der Waals surface area contributed by atoms with E-state index >= 15 is 0 Å². The van der Waals surface area contributed by atoms with Crippen molar-refractivity contribution in [2.24, 2.45) is 7.05 Å². The Kier molecular flexibility index (Phi) is 6.77. The van der Waals surface area contributed by atoms with Gasteiger partial charge in [-0.05, 0) is 42.5 Å². The number of carbonyl (C=O) groups is 1. The van der Waals surface area contributed by atoms with E-state index in [1.54, 1.807) is 31.4 Å². The van der Waals surface area contributed by atoms with Crippen LogP contribution < -0.4 is 16.0 Å². The molecule has 2 aromatic carbocycles. The van der Waals surface area contributed by atoms with Crippen LogP contribution in [0.5, 0.6) is 0 Å².